The second-order valence-electron chi connectivity index (χ2n) is 6.30. The van der Waals surface area contributed by atoms with Crippen molar-refractivity contribution in [1.82, 2.24) is 15.2 Å². The summed E-state index contributed by atoms with van der Waals surface area (Å²) >= 11 is 1.50. The van der Waals surface area contributed by atoms with Crippen LogP contribution in [-0.4, -0.2) is 48.4 Å². The molecule has 1 aromatic heterocycles. The van der Waals surface area contributed by atoms with Gasteiger partial charge in [0, 0.05) is 37.3 Å². The molecule has 3 rings (SSSR count). The van der Waals surface area contributed by atoms with Gasteiger partial charge in [-0.1, -0.05) is 6.07 Å². The zero-order chi connectivity index (χ0) is 17.8. The van der Waals surface area contributed by atoms with Gasteiger partial charge in [0.2, 0.25) is 5.91 Å². The van der Waals surface area contributed by atoms with Crippen molar-refractivity contribution in [2.45, 2.75) is 25.4 Å². The van der Waals surface area contributed by atoms with E-state index >= 15 is 0 Å². The van der Waals surface area contributed by atoms with Crippen LogP contribution in [0.4, 0.5) is 5.69 Å². The monoisotopic (exact) mass is 358 g/mol. The van der Waals surface area contributed by atoms with Crippen molar-refractivity contribution >= 4 is 28.8 Å². The number of hydrogen-bond acceptors (Lipinski definition) is 5. The summed E-state index contributed by atoms with van der Waals surface area (Å²) in [6, 6.07) is 7.09. The molecule has 2 aromatic rings. The summed E-state index contributed by atoms with van der Waals surface area (Å²) in [5.41, 5.74) is 4.16. The minimum atomic E-state index is -0.408. The number of amides is 2. The summed E-state index contributed by atoms with van der Waals surface area (Å²) in [6.45, 7) is 1.01. The Morgan fingerprint density at radius 3 is 2.96 bits per heavy atom. The molecule has 1 aromatic carbocycles. The summed E-state index contributed by atoms with van der Waals surface area (Å²) in [5.74, 6) is -0.197. The van der Waals surface area contributed by atoms with Crippen molar-refractivity contribution in [3.05, 3.63) is 46.4 Å². The van der Waals surface area contributed by atoms with Crippen molar-refractivity contribution in [2.24, 2.45) is 0 Å². The molecule has 2 amide bonds. The molecular formula is C18H22N4O2S. The quantitative estimate of drug-likeness (QED) is 0.889. The molecule has 1 fully saturated rings. The molecule has 7 heteroatoms. The second-order valence-corrected chi connectivity index (χ2v) is 7.02. The van der Waals surface area contributed by atoms with Crippen LogP contribution in [0.1, 0.15) is 28.9 Å². The summed E-state index contributed by atoms with van der Waals surface area (Å²) in [5, 5.41) is 4.80. The number of aromatic nitrogens is 1. The molecule has 1 N–H and O–H groups in total. The predicted octanol–water partition coefficient (Wildman–Crippen LogP) is 2.13. The van der Waals surface area contributed by atoms with E-state index in [-0.39, 0.29) is 11.8 Å². The number of thiazole rings is 1. The number of carbonyl (C=O) groups is 2. The molecule has 132 valence electrons. The van der Waals surface area contributed by atoms with Gasteiger partial charge in [0.05, 0.1) is 17.7 Å². The molecule has 1 atom stereocenters. The van der Waals surface area contributed by atoms with Crippen LogP contribution in [0.2, 0.25) is 0 Å². The number of rotatable bonds is 5. The average molecular weight is 358 g/mol. The number of hydrogen-bond donors (Lipinski definition) is 1. The lowest BCUT2D eigenvalue weighted by molar-refractivity contribution is -0.125. The van der Waals surface area contributed by atoms with Crippen LogP contribution in [0.15, 0.2) is 35.2 Å². The molecule has 0 radical (unpaired) electrons. The van der Waals surface area contributed by atoms with E-state index in [1.165, 1.54) is 11.3 Å². The van der Waals surface area contributed by atoms with Gasteiger partial charge in [0.1, 0.15) is 6.04 Å². The third-order valence-electron chi connectivity index (χ3n) is 4.35. The number of nitrogens with zero attached hydrogens (tertiary/aromatic N) is 3. The van der Waals surface area contributed by atoms with E-state index in [0.717, 1.165) is 17.8 Å². The highest BCUT2D eigenvalue weighted by atomic mass is 32.1. The molecule has 0 aliphatic carbocycles. The van der Waals surface area contributed by atoms with Gasteiger partial charge in [-0.2, -0.15) is 0 Å². The van der Waals surface area contributed by atoms with Crippen LogP contribution in [0.3, 0.4) is 0 Å². The van der Waals surface area contributed by atoms with Gasteiger partial charge in [-0.25, -0.2) is 4.98 Å². The molecule has 0 bridgehead atoms. The summed E-state index contributed by atoms with van der Waals surface area (Å²) in [4.78, 5) is 33.2. The SMILES string of the molecule is CN(C)c1cccc(C(=O)N2CCC[C@@H]2C(=O)NCc2cscn2)c1. The average Bonchev–Trinajstić information content (AvgIpc) is 3.30. The van der Waals surface area contributed by atoms with E-state index in [2.05, 4.69) is 10.3 Å². The van der Waals surface area contributed by atoms with Crippen molar-refractivity contribution in [2.75, 3.05) is 25.5 Å². The summed E-state index contributed by atoms with van der Waals surface area (Å²) in [6.07, 6.45) is 1.54. The van der Waals surface area contributed by atoms with Gasteiger partial charge in [0.25, 0.3) is 5.91 Å². The number of anilines is 1. The summed E-state index contributed by atoms with van der Waals surface area (Å²) < 4.78 is 0. The van der Waals surface area contributed by atoms with Crippen LogP contribution in [0.25, 0.3) is 0 Å². The maximum atomic E-state index is 12.9. The first-order valence-electron chi connectivity index (χ1n) is 8.29. The Morgan fingerprint density at radius 2 is 2.24 bits per heavy atom. The molecule has 6 nitrogen and oxygen atoms in total. The van der Waals surface area contributed by atoms with Gasteiger partial charge in [-0.15, -0.1) is 11.3 Å². The Bertz CT molecular complexity index is 745. The van der Waals surface area contributed by atoms with Crippen LogP contribution in [0.5, 0.6) is 0 Å². The van der Waals surface area contributed by atoms with E-state index in [4.69, 9.17) is 0 Å². The topological polar surface area (TPSA) is 65.5 Å². The van der Waals surface area contributed by atoms with Gasteiger partial charge in [-0.05, 0) is 31.0 Å². The van der Waals surface area contributed by atoms with E-state index in [0.29, 0.717) is 25.1 Å². The van der Waals surface area contributed by atoms with Gasteiger partial charge >= 0.3 is 0 Å². The smallest absolute Gasteiger partial charge is 0.254 e. The molecule has 0 unspecified atom stereocenters. The van der Waals surface area contributed by atoms with Gasteiger partial charge < -0.3 is 15.1 Å². The number of nitrogens with one attached hydrogen (secondary N) is 1. The summed E-state index contributed by atoms with van der Waals surface area (Å²) in [7, 11) is 3.88. The standard InChI is InChI=1S/C18H22N4O2S/c1-21(2)15-6-3-5-13(9-15)18(24)22-8-4-7-16(22)17(23)19-10-14-11-25-12-20-14/h3,5-6,9,11-12,16H,4,7-8,10H2,1-2H3,(H,19,23)/t16-/m1/s1. The fraction of sp³-hybridized carbons (Fsp3) is 0.389. The number of benzene rings is 1. The molecular weight excluding hydrogens is 336 g/mol. The molecule has 1 saturated heterocycles. The largest absolute Gasteiger partial charge is 0.378 e. The van der Waals surface area contributed by atoms with Crippen molar-refractivity contribution in [1.29, 1.82) is 0 Å². The van der Waals surface area contributed by atoms with Crippen LogP contribution >= 0.6 is 11.3 Å². The highest BCUT2D eigenvalue weighted by molar-refractivity contribution is 7.07. The first-order valence-corrected chi connectivity index (χ1v) is 9.23. The lowest BCUT2D eigenvalue weighted by Crippen LogP contribution is -2.45. The highest BCUT2D eigenvalue weighted by Crippen LogP contribution is 2.22. The third-order valence-corrected chi connectivity index (χ3v) is 4.99. The first kappa shape index (κ1) is 17.4. The number of carbonyl (C=O) groups excluding carboxylic acids is 2. The Balaban J connectivity index is 1.69. The van der Waals surface area contributed by atoms with Crippen molar-refractivity contribution in [3.8, 4) is 0 Å². The molecule has 2 heterocycles. The van der Waals surface area contributed by atoms with E-state index in [9.17, 15) is 9.59 Å². The first-order chi connectivity index (χ1) is 12.1. The lowest BCUT2D eigenvalue weighted by Gasteiger charge is -2.24. The maximum absolute atomic E-state index is 12.9. The molecule has 1 aliphatic heterocycles. The molecule has 0 saturated carbocycles. The zero-order valence-electron chi connectivity index (χ0n) is 14.4. The predicted molar refractivity (Wildman–Crippen MR) is 98.8 cm³/mol. The minimum Gasteiger partial charge on any atom is -0.378 e. The van der Waals surface area contributed by atoms with Crippen LogP contribution in [0, 0.1) is 0 Å². The van der Waals surface area contributed by atoms with E-state index in [1.54, 1.807) is 16.5 Å². The Hall–Kier alpha value is -2.41. The Kier molecular flexibility index (Phi) is 5.33. The lowest BCUT2D eigenvalue weighted by atomic mass is 10.1. The second kappa shape index (κ2) is 7.65. The minimum absolute atomic E-state index is 0.0880. The van der Waals surface area contributed by atoms with E-state index < -0.39 is 6.04 Å². The molecule has 0 spiro atoms. The van der Waals surface area contributed by atoms with Crippen LogP contribution < -0.4 is 10.2 Å². The normalized spacial score (nSPS) is 16.7. The highest BCUT2D eigenvalue weighted by Gasteiger charge is 2.34. The van der Waals surface area contributed by atoms with Crippen molar-refractivity contribution < 1.29 is 9.59 Å². The zero-order valence-corrected chi connectivity index (χ0v) is 15.3. The molecule has 25 heavy (non-hydrogen) atoms. The Labute approximate surface area is 151 Å². The third kappa shape index (κ3) is 3.99. The van der Waals surface area contributed by atoms with Gasteiger partial charge in [-0.3, -0.25) is 9.59 Å². The van der Waals surface area contributed by atoms with Crippen LogP contribution in [-0.2, 0) is 11.3 Å². The van der Waals surface area contributed by atoms with Crippen molar-refractivity contribution in [3.63, 3.8) is 0 Å². The van der Waals surface area contributed by atoms with Gasteiger partial charge in [0.15, 0.2) is 0 Å². The molecule has 1 aliphatic rings. The number of likely N-dealkylation sites (tertiary alicyclic amines) is 1. The Morgan fingerprint density at radius 1 is 1.40 bits per heavy atom. The maximum Gasteiger partial charge on any atom is 0.254 e. The fourth-order valence-electron chi connectivity index (χ4n) is 2.99. The fourth-order valence-corrected chi connectivity index (χ4v) is 3.54. The van der Waals surface area contributed by atoms with E-state index in [1.807, 2.05) is 42.6 Å².